The van der Waals surface area contributed by atoms with Gasteiger partial charge in [-0.3, -0.25) is 4.79 Å². The number of imidazole rings is 1. The fourth-order valence-electron chi connectivity index (χ4n) is 4.78. The Balaban J connectivity index is 1.27. The van der Waals surface area contributed by atoms with Crippen LogP contribution in [0.1, 0.15) is 43.2 Å². The van der Waals surface area contributed by atoms with E-state index >= 15 is 4.39 Å². The van der Waals surface area contributed by atoms with Crippen molar-refractivity contribution in [2.75, 3.05) is 0 Å². The van der Waals surface area contributed by atoms with Crippen LogP contribution in [0.15, 0.2) is 48.7 Å². The van der Waals surface area contributed by atoms with Gasteiger partial charge < -0.3 is 14.8 Å². The lowest BCUT2D eigenvalue weighted by atomic mass is 9.85. The van der Waals surface area contributed by atoms with Gasteiger partial charge in [-0.25, -0.2) is 14.4 Å². The number of ether oxygens (including phenoxy) is 1. The van der Waals surface area contributed by atoms with Crippen LogP contribution >= 0.6 is 0 Å². The smallest absolute Gasteiger partial charge is 0.303 e. The Hall–Kier alpha value is -3.74. The van der Waals surface area contributed by atoms with E-state index in [4.69, 9.17) is 9.84 Å². The van der Waals surface area contributed by atoms with Gasteiger partial charge in [0, 0.05) is 24.2 Å². The van der Waals surface area contributed by atoms with Gasteiger partial charge in [-0.15, -0.1) is 0 Å². The van der Waals surface area contributed by atoms with E-state index < -0.39 is 5.97 Å². The van der Waals surface area contributed by atoms with Crippen LogP contribution in [0, 0.1) is 25.6 Å². The molecule has 0 radical (unpaired) electrons. The summed E-state index contributed by atoms with van der Waals surface area (Å²) in [4.78, 5) is 23.1. The second-order valence-corrected chi connectivity index (χ2v) is 9.48. The van der Waals surface area contributed by atoms with Gasteiger partial charge in [-0.2, -0.15) is 0 Å². The standard InChI is InChI=1S/C28H28FN3O3/c1-16-11-24-25(12-17(16)2)32-28(31-24)22-9-5-19(14-23(22)29)20-6-10-26(30-15-20)35-21-7-3-18(4-8-21)13-27(33)34/h5-6,9-12,14-15,18,21H,3-4,7-8,13H2,1-2H3,(H,31,32)(H,33,34). The summed E-state index contributed by atoms with van der Waals surface area (Å²) in [6.45, 7) is 4.08. The zero-order valence-electron chi connectivity index (χ0n) is 19.8. The lowest BCUT2D eigenvalue weighted by Gasteiger charge is -2.27. The molecular formula is C28H28FN3O3. The van der Waals surface area contributed by atoms with Crippen molar-refractivity contribution in [3.05, 3.63) is 65.6 Å². The number of aromatic amines is 1. The summed E-state index contributed by atoms with van der Waals surface area (Å²) in [5.74, 6) is 0.176. The highest BCUT2D eigenvalue weighted by atomic mass is 19.1. The predicted molar refractivity (Wildman–Crippen MR) is 133 cm³/mol. The van der Waals surface area contributed by atoms with Gasteiger partial charge >= 0.3 is 5.97 Å². The Morgan fingerprint density at radius 3 is 2.49 bits per heavy atom. The van der Waals surface area contributed by atoms with Crippen molar-refractivity contribution in [3.63, 3.8) is 0 Å². The summed E-state index contributed by atoms with van der Waals surface area (Å²) >= 11 is 0. The number of carboxylic acid groups (broad SMARTS) is 1. The van der Waals surface area contributed by atoms with Gasteiger partial charge in [0.15, 0.2) is 0 Å². The number of H-pyrrole nitrogens is 1. The van der Waals surface area contributed by atoms with Crippen molar-refractivity contribution in [2.45, 2.75) is 52.1 Å². The Bertz CT molecular complexity index is 1330. The average molecular weight is 474 g/mol. The van der Waals surface area contributed by atoms with Gasteiger partial charge in [0.25, 0.3) is 0 Å². The van der Waals surface area contributed by atoms with Crippen LogP contribution in [0.2, 0.25) is 0 Å². The molecule has 1 saturated carbocycles. The molecule has 0 aliphatic heterocycles. The van der Waals surface area contributed by atoms with Crippen LogP contribution in [-0.2, 0) is 4.79 Å². The van der Waals surface area contributed by atoms with Crippen molar-refractivity contribution in [3.8, 4) is 28.4 Å². The molecule has 0 bridgehead atoms. The Kier molecular flexibility index (Phi) is 6.24. The molecule has 1 aliphatic rings. The van der Waals surface area contributed by atoms with Crippen LogP contribution in [0.25, 0.3) is 33.5 Å². The van der Waals surface area contributed by atoms with E-state index in [0.29, 0.717) is 17.3 Å². The highest BCUT2D eigenvalue weighted by molar-refractivity contribution is 5.81. The zero-order valence-corrected chi connectivity index (χ0v) is 19.8. The number of aryl methyl sites for hydroxylation is 2. The third-order valence-corrected chi connectivity index (χ3v) is 6.94. The number of nitrogens with one attached hydrogen (secondary N) is 1. The first-order chi connectivity index (χ1) is 16.9. The van der Waals surface area contributed by atoms with Crippen molar-refractivity contribution in [1.29, 1.82) is 0 Å². The first kappa shape index (κ1) is 23.0. The largest absolute Gasteiger partial charge is 0.481 e. The number of pyridine rings is 1. The molecule has 6 nitrogen and oxygen atoms in total. The van der Waals surface area contributed by atoms with Crippen LogP contribution < -0.4 is 4.74 Å². The van der Waals surface area contributed by atoms with E-state index in [1.54, 1.807) is 18.3 Å². The summed E-state index contributed by atoms with van der Waals surface area (Å²) < 4.78 is 21.1. The highest BCUT2D eigenvalue weighted by Crippen LogP contribution is 2.31. The van der Waals surface area contributed by atoms with Crippen molar-refractivity contribution < 1.29 is 19.0 Å². The van der Waals surface area contributed by atoms with Gasteiger partial charge in [0.05, 0.1) is 16.6 Å². The molecule has 1 fully saturated rings. The third kappa shape index (κ3) is 5.04. The van der Waals surface area contributed by atoms with E-state index in [9.17, 15) is 4.79 Å². The first-order valence-corrected chi connectivity index (χ1v) is 12.0. The highest BCUT2D eigenvalue weighted by Gasteiger charge is 2.24. The van der Waals surface area contributed by atoms with E-state index in [0.717, 1.165) is 59.0 Å². The summed E-state index contributed by atoms with van der Waals surface area (Å²) in [5, 5.41) is 8.96. The van der Waals surface area contributed by atoms with Crippen molar-refractivity contribution in [1.82, 2.24) is 15.0 Å². The van der Waals surface area contributed by atoms with Crippen molar-refractivity contribution >= 4 is 17.0 Å². The minimum Gasteiger partial charge on any atom is -0.481 e. The molecular weight excluding hydrogens is 445 g/mol. The molecule has 0 atom stereocenters. The molecule has 0 spiro atoms. The molecule has 5 rings (SSSR count). The molecule has 1 aliphatic carbocycles. The lowest BCUT2D eigenvalue weighted by Crippen LogP contribution is -2.25. The molecule has 0 unspecified atom stereocenters. The number of hydrogen-bond acceptors (Lipinski definition) is 4. The fraction of sp³-hybridized carbons (Fsp3) is 0.321. The molecule has 7 heteroatoms. The van der Waals surface area contributed by atoms with E-state index in [1.807, 2.05) is 38.1 Å². The van der Waals surface area contributed by atoms with Crippen LogP contribution in [0.3, 0.4) is 0 Å². The number of hydrogen-bond donors (Lipinski definition) is 2. The minimum atomic E-state index is -0.737. The number of nitrogens with zero attached hydrogens (tertiary/aromatic N) is 2. The van der Waals surface area contributed by atoms with Gasteiger partial charge in [-0.1, -0.05) is 6.07 Å². The number of carboxylic acids is 1. The summed E-state index contributed by atoms with van der Waals surface area (Å²) in [6.07, 6.45) is 5.32. The molecule has 0 amide bonds. The van der Waals surface area contributed by atoms with Gasteiger partial charge in [0.2, 0.25) is 5.88 Å². The average Bonchev–Trinajstić information content (AvgIpc) is 3.23. The van der Waals surface area contributed by atoms with Crippen LogP contribution in [0.4, 0.5) is 4.39 Å². The number of rotatable bonds is 6. The summed E-state index contributed by atoms with van der Waals surface area (Å²) in [5.41, 5.74) is 5.97. The SMILES string of the molecule is Cc1cc2nc(-c3ccc(-c4ccc(OC5CCC(CC(=O)O)CC5)nc4)cc3F)[nH]c2cc1C. The quantitative estimate of drug-likeness (QED) is 0.335. The molecule has 0 saturated heterocycles. The normalized spacial score (nSPS) is 18.0. The number of aliphatic carboxylic acids is 1. The summed E-state index contributed by atoms with van der Waals surface area (Å²) in [7, 11) is 0. The maximum atomic E-state index is 15.1. The fourth-order valence-corrected chi connectivity index (χ4v) is 4.78. The second-order valence-electron chi connectivity index (χ2n) is 9.48. The van der Waals surface area contributed by atoms with Crippen LogP contribution in [-0.4, -0.2) is 32.1 Å². The Morgan fingerprint density at radius 2 is 1.80 bits per heavy atom. The molecule has 35 heavy (non-hydrogen) atoms. The topological polar surface area (TPSA) is 88.1 Å². The second kappa shape index (κ2) is 9.49. The van der Waals surface area contributed by atoms with E-state index in [1.165, 1.54) is 6.07 Å². The Morgan fingerprint density at radius 1 is 1.06 bits per heavy atom. The number of carbonyl (C=O) groups is 1. The third-order valence-electron chi connectivity index (χ3n) is 6.94. The number of aromatic nitrogens is 3. The van der Waals surface area contributed by atoms with Crippen molar-refractivity contribution in [2.24, 2.45) is 5.92 Å². The Labute approximate surface area is 203 Å². The zero-order chi connectivity index (χ0) is 24.5. The van der Waals surface area contributed by atoms with E-state index in [-0.39, 0.29) is 24.3 Å². The number of fused-ring (bicyclic) bond motifs is 1. The van der Waals surface area contributed by atoms with E-state index in [2.05, 4.69) is 15.0 Å². The number of halogens is 1. The first-order valence-electron chi connectivity index (χ1n) is 12.0. The maximum Gasteiger partial charge on any atom is 0.303 e. The minimum absolute atomic E-state index is 0.0477. The monoisotopic (exact) mass is 473 g/mol. The van der Waals surface area contributed by atoms with Crippen LogP contribution in [0.5, 0.6) is 5.88 Å². The number of benzene rings is 2. The lowest BCUT2D eigenvalue weighted by molar-refractivity contribution is -0.138. The van der Waals surface area contributed by atoms with Gasteiger partial charge in [0.1, 0.15) is 17.7 Å². The predicted octanol–water partition coefficient (Wildman–Crippen LogP) is 6.46. The molecule has 2 aromatic heterocycles. The molecule has 2 heterocycles. The van der Waals surface area contributed by atoms with Gasteiger partial charge in [-0.05, 0) is 92.5 Å². The molecule has 2 aromatic carbocycles. The maximum absolute atomic E-state index is 15.1. The molecule has 180 valence electrons. The summed E-state index contributed by atoms with van der Waals surface area (Å²) in [6, 6.07) is 12.8. The molecule has 4 aromatic rings. The molecule has 2 N–H and O–H groups in total.